The number of benzene rings is 1. The van der Waals surface area contributed by atoms with Crippen LogP contribution in [-0.2, 0) is 0 Å². The Bertz CT molecular complexity index is 481. The quantitative estimate of drug-likeness (QED) is 0.862. The fraction of sp³-hybridized carbons (Fsp3) is 0.533. The molecular weight excluding hydrogens is 306 g/mol. The van der Waals surface area contributed by atoms with Crippen LogP contribution in [0.1, 0.15) is 43.0 Å². The Balaban J connectivity index is 2.24. The van der Waals surface area contributed by atoms with Crippen molar-refractivity contribution in [1.29, 1.82) is 0 Å². The molecule has 3 nitrogen and oxygen atoms in total. The molecule has 0 aromatic heterocycles. The molecule has 4 heteroatoms. The minimum absolute atomic E-state index is 0.0489. The number of aliphatic hydroxyl groups is 1. The van der Waals surface area contributed by atoms with Crippen LogP contribution in [0.2, 0.25) is 0 Å². The lowest BCUT2D eigenvalue weighted by atomic mass is 10.0. The maximum Gasteiger partial charge on any atom is 0.161 e. The Kier molecular flexibility index (Phi) is 4.31. The fourth-order valence-corrected chi connectivity index (χ4v) is 3.19. The Morgan fingerprint density at radius 1 is 1.42 bits per heavy atom. The zero-order valence-electron chi connectivity index (χ0n) is 11.4. The van der Waals surface area contributed by atoms with E-state index in [2.05, 4.69) is 15.9 Å². The standard InChI is InChI=1S/C15H20BrNO2/c1-11(18)13-6-5-12(16)9-14(13)17(2)10-15(19)7-3-4-8-15/h5-6,9,19H,3-4,7-8,10H2,1-2H3. The summed E-state index contributed by atoms with van der Waals surface area (Å²) in [5.41, 5.74) is 0.972. The van der Waals surface area contributed by atoms with Gasteiger partial charge in [0.2, 0.25) is 0 Å². The molecule has 0 radical (unpaired) electrons. The molecule has 1 aliphatic carbocycles. The number of rotatable bonds is 4. The monoisotopic (exact) mass is 325 g/mol. The second-order valence-corrected chi connectivity index (χ2v) is 6.42. The molecule has 2 rings (SSSR count). The van der Waals surface area contributed by atoms with Gasteiger partial charge in [-0.1, -0.05) is 28.8 Å². The van der Waals surface area contributed by atoms with Crippen LogP contribution in [-0.4, -0.2) is 30.1 Å². The van der Waals surface area contributed by atoms with Crippen molar-refractivity contribution in [3.63, 3.8) is 0 Å². The number of halogens is 1. The lowest BCUT2D eigenvalue weighted by molar-refractivity contribution is 0.0558. The van der Waals surface area contributed by atoms with Gasteiger partial charge in [-0.2, -0.15) is 0 Å². The van der Waals surface area contributed by atoms with E-state index in [-0.39, 0.29) is 5.78 Å². The van der Waals surface area contributed by atoms with Crippen molar-refractivity contribution in [3.8, 4) is 0 Å². The number of carbonyl (C=O) groups is 1. The van der Waals surface area contributed by atoms with Crippen LogP contribution in [0.3, 0.4) is 0 Å². The van der Waals surface area contributed by atoms with Crippen molar-refractivity contribution < 1.29 is 9.90 Å². The number of carbonyl (C=O) groups excluding carboxylic acids is 1. The van der Waals surface area contributed by atoms with Gasteiger partial charge in [-0.25, -0.2) is 0 Å². The number of nitrogens with zero attached hydrogens (tertiary/aromatic N) is 1. The second kappa shape index (κ2) is 5.63. The van der Waals surface area contributed by atoms with E-state index in [0.717, 1.165) is 35.8 Å². The van der Waals surface area contributed by atoms with Gasteiger partial charge < -0.3 is 10.0 Å². The summed E-state index contributed by atoms with van der Waals surface area (Å²) in [5, 5.41) is 10.5. The van der Waals surface area contributed by atoms with Crippen LogP contribution in [0.4, 0.5) is 5.69 Å². The van der Waals surface area contributed by atoms with Crippen molar-refractivity contribution >= 4 is 27.4 Å². The third-order valence-corrected chi connectivity index (χ3v) is 4.31. The van der Waals surface area contributed by atoms with E-state index >= 15 is 0 Å². The highest BCUT2D eigenvalue weighted by molar-refractivity contribution is 9.10. The molecule has 1 aromatic rings. The van der Waals surface area contributed by atoms with Crippen LogP contribution >= 0.6 is 15.9 Å². The van der Waals surface area contributed by atoms with Crippen LogP contribution in [0.15, 0.2) is 22.7 Å². The molecule has 1 aromatic carbocycles. The van der Waals surface area contributed by atoms with Crippen molar-refractivity contribution in [1.82, 2.24) is 0 Å². The summed E-state index contributed by atoms with van der Waals surface area (Å²) in [6.45, 7) is 2.15. The first-order valence-electron chi connectivity index (χ1n) is 6.65. The zero-order valence-corrected chi connectivity index (χ0v) is 13.0. The van der Waals surface area contributed by atoms with E-state index in [9.17, 15) is 9.90 Å². The summed E-state index contributed by atoms with van der Waals surface area (Å²) in [7, 11) is 1.94. The van der Waals surface area contributed by atoms with E-state index in [1.54, 1.807) is 6.92 Å². The number of hydrogen-bond acceptors (Lipinski definition) is 3. The molecule has 1 fully saturated rings. The van der Waals surface area contributed by atoms with Crippen molar-refractivity contribution in [2.75, 3.05) is 18.5 Å². The van der Waals surface area contributed by atoms with Gasteiger partial charge in [-0.3, -0.25) is 4.79 Å². The SMILES string of the molecule is CC(=O)c1ccc(Br)cc1N(C)CC1(O)CCCC1. The third-order valence-electron chi connectivity index (χ3n) is 3.82. The third kappa shape index (κ3) is 3.37. The van der Waals surface area contributed by atoms with Crippen LogP contribution < -0.4 is 4.90 Å². The van der Waals surface area contributed by atoms with Gasteiger partial charge in [0.05, 0.1) is 5.60 Å². The van der Waals surface area contributed by atoms with E-state index in [4.69, 9.17) is 0 Å². The van der Waals surface area contributed by atoms with E-state index in [0.29, 0.717) is 12.1 Å². The molecule has 104 valence electrons. The van der Waals surface area contributed by atoms with E-state index in [1.807, 2.05) is 30.1 Å². The predicted molar refractivity (Wildman–Crippen MR) is 80.8 cm³/mol. The van der Waals surface area contributed by atoms with E-state index in [1.165, 1.54) is 0 Å². The molecule has 1 saturated carbocycles. The maximum absolute atomic E-state index is 11.7. The summed E-state index contributed by atoms with van der Waals surface area (Å²) in [6.07, 6.45) is 3.87. The molecule has 0 atom stereocenters. The summed E-state index contributed by atoms with van der Waals surface area (Å²) in [5.74, 6) is 0.0489. The molecule has 0 amide bonds. The number of ketones is 1. The average molecular weight is 326 g/mol. The smallest absolute Gasteiger partial charge is 0.161 e. The molecule has 0 spiro atoms. The molecule has 1 aliphatic rings. The van der Waals surface area contributed by atoms with Crippen molar-refractivity contribution in [2.24, 2.45) is 0 Å². The van der Waals surface area contributed by atoms with Crippen LogP contribution in [0, 0.1) is 0 Å². The largest absolute Gasteiger partial charge is 0.388 e. The second-order valence-electron chi connectivity index (χ2n) is 5.51. The van der Waals surface area contributed by atoms with Gasteiger partial charge in [0.1, 0.15) is 0 Å². The Morgan fingerprint density at radius 3 is 2.63 bits per heavy atom. The maximum atomic E-state index is 11.7. The van der Waals surface area contributed by atoms with Gasteiger partial charge in [-0.15, -0.1) is 0 Å². The topological polar surface area (TPSA) is 40.5 Å². The Labute approximate surface area is 122 Å². The Hall–Kier alpha value is -0.870. The molecule has 0 aliphatic heterocycles. The van der Waals surface area contributed by atoms with Crippen LogP contribution in [0.25, 0.3) is 0 Å². The number of likely N-dealkylation sites (N-methyl/N-ethyl adjacent to an activating group) is 1. The summed E-state index contributed by atoms with van der Waals surface area (Å²) in [4.78, 5) is 13.7. The highest BCUT2D eigenvalue weighted by atomic mass is 79.9. The molecule has 0 saturated heterocycles. The molecular formula is C15H20BrNO2. The highest BCUT2D eigenvalue weighted by Crippen LogP contribution is 2.32. The average Bonchev–Trinajstić information content (AvgIpc) is 2.75. The first-order valence-corrected chi connectivity index (χ1v) is 7.45. The van der Waals surface area contributed by atoms with Crippen molar-refractivity contribution in [2.45, 2.75) is 38.2 Å². The minimum Gasteiger partial charge on any atom is -0.388 e. The highest BCUT2D eigenvalue weighted by Gasteiger charge is 2.32. The minimum atomic E-state index is -0.606. The first-order chi connectivity index (χ1) is 8.91. The van der Waals surface area contributed by atoms with Gasteiger partial charge >= 0.3 is 0 Å². The number of anilines is 1. The predicted octanol–water partition coefficient (Wildman–Crippen LogP) is 3.39. The molecule has 0 bridgehead atoms. The molecule has 0 heterocycles. The molecule has 19 heavy (non-hydrogen) atoms. The summed E-state index contributed by atoms with van der Waals surface area (Å²) < 4.78 is 0.942. The van der Waals surface area contributed by atoms with Gasteiger partial charge in [0, 0.05) is 29.3 Å². The zero-order chi connectivity index (χ0) is 14.0. The van der Waals surface area contributed by atoms with Gasteiger partial charge in [-0.05, 0) is 38.0 Å². The number of hydrogen-bond donors (Lipinski definition) is 1. The first kappa shape index (κ1) is 14.5. The summed E-state index contributed by atoms with van der Waals surface area (Å²) in [6, 6.07) is 5.64. The summed E-state index contributed by atoms with van der Waals surface area (Å²) >= 11 is 3.44. The van der Waals surface area contributed by atoms with Crippen LogP contribution in [0.5, 0.6) is 0 Å². The van der Waals surface area contributed by atoms with Gasteiger partial charge in [0.15, 0.2) is 5.78 Å². The molecule has 0 unspecified atom stereocenters. The van der Waals surface area contributed by atoms with Crippen molar-refractivity contribution in [3.05, 3.63) is 28.2 Å². The van der Waals surface area contributed by atoms with E-state index < -0.39 is 5.60 Å². The molecule has 1 N–H and O–H groups in total. The number of Topliss-reactive ketones (excluding diaryl/α,β-unsaturated/α-hetero) is 1. The fourth-order valence-electron chi connectivity index (χ4n) is 2.84. The normalized spacial score (nSPS) is 17.5. The van der Waals surface area contributed by atoms with Gasteiger partial charge in [0.25, 0.3) is 0 Å². The Morgan fingerprint density at radius 2 is 2.05 bits per heavy atom. The lowest BCUT2D eigenvalue weighted by Crippen LogP contribution is -2.39. The lowest BCUT2D eigenvalue weighted by Gasteiger charge is -2.31.